The number of benzene rings is 1. The molecular weight excluding hydrogens is 282 g/mol. The minimum atomic E-state index is -0.791. The highest BCUT2D eigenvalue weighted by Gasteiger charge is 2.37. The van der Waals surface area contributed by atoms with Gasteiger partial charge in [-0.25, -0.2) is 0 Å². The topological polar surface area (TPSA) is 64.1 Å². The van der Waals surface area contributed by atoms with Gasteiger partial charge in [-0.2, -0.15) is 0 Å². The Balaban J connectivity index is 1.59. The molecule has 3 rings (SSSR count). The molecule has 6 nitrogen and oxygen atoms in total. The van der Waals surface area contributed by atoms with Gasteiger partial charge in [0, 0.05) is 38.4 Å². The van der Waals surface area contributed by atoms with Crippen molar-refractivity contribution in [2.45, 2.75) is 12.5 Å². The first-order chi connectivity index (χ1) is 10.6. The summed E-state index contributed by atoms with van der Waals surface area (Å²) in [6, 6.07) is 9.70. The van der Waals surface area contributed by atoms with Gasteiger partial charge in [-0.15, -0.1) is 0 Å². The van der Waals surface area contributed by atoms with Crippen molar-refractivity contribution in [1.82, 2.24) is 9.80 Å². The maximum absolute atomic E-state index is 12.6. The number of carbonyl (C=O) groups excluding carboxylic acids is 1. The fourth-order valence-electron chi connectivity index (χ4n) is 3.29. The van der Waals surface area contributed by atoms with Gasteiger partial charge in [-0.1, -0.05) is 18.2 Å². The van der Waals surface area contributed by atoms with E-state index < -0.39 is 5.97 Å². The van der Waals surface area contributed by atoms with E-state index in [1.165, 1.54) is 0 Å². The van der Waals surface area contributed by atoms with Gasteiger partial charge in [0.1, 0.15) is 0 Å². The first-order valence-electron chi connectivity index (χ1n) is 7.70. The number of carboxylic acids is 1. The van der Waals surface area contributed by atoms with Crippen LogP contribution in [0, 0.1) is 0 Å². The third-order valence-corrected chi connectivity index (χ3v) is 4.45. The molecule has 2 fully saturated rings. The molecule has 22 heavy (non-hydrogen) atoms. The zero-order chi connectivity index (χ0) is 15.5. The number of rotatable bonds is 4. The van der Waals surface area contributed by atoms with Gasteiger partial charge in [0.15, 0.2) is 0 Å². The van der Waals surface area contributed by atoms with Crippen molar-refractivity contribution in [2.75, 3.05) is 44.2 Å². The molecule has 0 bridgehead atoms. The Labute approximate surface area is 129 Å². The van der Waals surface area contributed by atoms with E-state index in [-0.39, 0.29) is 18.5 Å². The van der Waals surface area contributed by atoms with Crippen molar-refractivity contribution in [3.63, 3.8) is 0 Å². The van der Waals surface area contributed by atoms with Crippen LogP contribution in [0.15, 0.2) is 30.3 Å². The number of nitrogens with zero attached hydrogens (tertiary/aromatic N) is 3. The van der Waals surface area contributed by atoms with Crippen LogP contribution < -0.4 is 4.90 Å². The lowest BCUT2D eigenvalue weighted by Crippen LogP contribution is -2.53. The van der Waals surface area contributed by atoms with Crippen LogP contribution in [0.4, 0.5) is 5.69 Å². The summed E-state index contributed by atoms with van der Waals surface area (Å²) in [5.74, 6) is -0.626. The maximum atomic E-state index is 12.6. The van der Waals surface area contributed by atoms with E-state index in [4.69, 9.17) is 5.11 Å². The van der Waals surface area contributed by atoms with Crippen molar-refractivity contribution >= 4 is 17.6 Å². The van der Waals surface area contributed by atoms with Gasteiger partial charge in [0.05, 0.1) is 12.6 Å². The lowest BCUT2D eigenvalue weighted by atomic mass is 10.2. The predicted octanol–water partition coefficient (Wildman–Crippen LogP) is 0.494. The summed E-state index contributed by atoms with van der Waals surface area (Å²) in [5, 5.41) is 8.83. The second kappa shape index (κ2) is 6.46. The molecule has 1 atom stereocenters. The van der Waals surface area contributed by atoms with E-state index in [1.807, 2.05) is 40.1 Å². The maximum Gasteiger partial charge on any atom is 0.317 e. The van der Waals surface area contributed by atoms with Crippen LogP contribution in [0.2, 0.25) is 0 Å². The van der Waals surface area contributed by atoms with E-state index in [9.17, 15) is 9.59 Å². The number of piperazine rings is 1. The van der Waals surface area contributed by atoms with E-state index in [1.54, 1.807) is 0 Å². The third kappa shape index (κ3) is 3.13. The van der Waals surface area contributed by atoms with Crippen LogP contribution in [0.5, 0.6) is 0 Å². The Kier molecular flexibility index (Phi) is 4.40. The number of anilines is 1. The number of carbonyl (C=O) groups is 2. The van der Waals surface area contributed by atoms with Crippen molar-refractivity contribution in [3.8, 4) is 0 Å². The Bertz CT molecular complexity index is 541. The standard InChI is InChI=1S/C16H21N3O3/c20-15(21)12-17-8-10-18(11-9-17)14-6-7-19(16(14)22)13-4-2-1-3-5-13/h1-5,14H,6-12H2,(H,20,21)/t14-/m0/s1. The molecule has 2 aliphatic heterocycles. The number of hydrogen-bond acceptors (Lipinski definition) is 4. The highest BCUT2D eigenvalue weighted by Crippen LogP contribution is 2.24. The Morgan fingerprint density at radius 3 is 2.41 bits per heavy atom. The van der Waals surface area contributed by atoms with Crippen molar-refractivity contribution < 1.29 is 14.7 Å². The van der Waals surface area contributed by atoms with Crippen LogP contribution in [0.25, 0.3) is 0 Å². The molecule has 2 aliphatic rings. The van der Waals surface area contributed by atoms with Gasteiger partial charge in [-0.3, -0.25) is 19.4 Å². The molecule has 0 radical (unpaired) electrons. The summed E-state index contributed by atoms with van der Waals surface area (Å²) < 4.78 is 0. The van der Waals surface area contributed by atoms with Gasteiger partial charge in [0.25, 0.3) is 0 Å². The van der Waals surface area contributed by atoms with Crippen LogP contribution in [0.1, 0.15) is 6.42 Å². The zero-order valence-electron chi connectivity index (χ0n) is 12.5. The van der Waals surface area contributed by atoms with E-state index in [2.05, 4.69) is 4.90 Å². The molecule has 0 unspecified atom stereocenters. The molecule has 1 aromatic rings. The first kappa shape index (κ1) is 15.0. The van der Waals surface area contributed by atoms with E-state index in [0.29, 0.717) is 13.1 Å². The quantitative estimate of drug-likeness (QED) is 0.877. The molecule has 0 saturated carbocycles. The normalized spacial score (nSPS) is 23.9. The molecule has 0 spiro atoms. The Morgan fingerprint density at radius 2 is 1.77 bits per heavy atom. The van der Waals surface area contributed by atoms with Gasteiger partial charge >= 0.3 is 5.97 Å². The van der Waals surface area contributed by atoms with Crippen molar-refractivity contribution in [2.24, 2.45) is 0 Å². The highest BCUT2D eigenvalue weighted by molar-refractivity contribution is 5.99. The number of carboxylic acid groups (broad SMARTS) is 1. The van der Waals surface area contributed by atoms with Crippen LogP contribution in [-0.2, 0) is 9.59 Å². The molecule has 0 aliphatic carbocycles. The molecule has 1 amide bonds. The highest BCUT2D eigenvalue weighted by atomic mass is 16.4. The van der Waals surface area contributed by atoms with Crippen LogP contribution in [0.3, 0.4) is 0 Å². The second-order valence-electron chi connectivity index (χ2n) is 5.84. The molecule has 2 heterocycles. The summed E-state index contributed by atoms with van der Waals surface area (Å²) in [6.45, 7) is 3.77. The minimum absolute atomic E-state index is 0.0628. The fraction of sp³-hybridized carbons (Fsp3) is 0.500. The summed E-state index contributed by atoms with van der Waals surface area (Å²) in [7, 11) is 0. The average Bonchev–Trinajstić information content (AvgIpc) is 2.90. The van der Waals surface area contributed by atoms with Crippen molar-refractivity contribution in [3.05, 3.63) is 30.3 Å². The summed E-state index contributed by atoms with van der Waals surface area (Å²) >= 11 is 0. The molecule has 1 aromatic carbocycles. The van der Waals surface area contributed by atoms with Gasteiger partial charge in [-0.05, 0) is 18.6 Å². The Hall–Kier alpha value is -1.92. The molecule has 0 aromatic heterocycles. The van der Waals surface area contributed by atoms with Gasteiger partial charge < -0.3 is 10.0 Å². The van der Waals surface area contributed by atoms with Crippen LogP contribution >= 0.6 is 0 Å². The summed E-state index contributed by atoms with van der Waals surface area (Å²) in [5.41, 5.74) is 0.958. The fourth-order valence-corrected chi connectivity index (χ4v) is 3.29. The molecular formula is C16H21N3O3. The second-order valence-corrected chi connectivity index (χ2v) is 5.84. The minimum Gasteiger partial charge on any atom is -0.480 e. The molecule has 1 N–H and O–H groups in total. The first-order valence-corrected chi connectivity index (χ1v) is 7.70. The van der Waals surface area contributed by atoms with Gasteiger partial charge in [0.2, 0.25) is 5.91 Å². The number of amides is 1. The largest absolute Gasteiger partial charge is 0.480 e. The van der Waals surface area contributed by atoms with Crippen LogP contribution in [-0.4, -0.2) is 72.1 Å². The summed E-state index contributed by atoms with van der Waals surface area (Å²) in [6.07, 6.45) is 0.840. The van der Waals surface area contributed by atoms with E-state index >= 15 is 0 Å². The predicted molar refractivity (Wildman–Crippen MR) is 82.8 cm³/mol. The SMILES string of the molecule is O=C(O)CN1CCN([C@H]2CCN(c3ccccc3)C2=O)CC1. The molecule has 2 saturated heterocycles. The zero-order valence-corrected chi connectivity index (χ0v) is 12.5. The monoisotopic (exact) mass is 303 g/mol. The number of para-hydroxylation sites is 1. The Morgan fingerprint density at radius 1 is 1.09 bits per heavy atom. The number of hydrogen-bond donors (Lipinski definition) is 1. The third-order valence-electron chi connectivity index (χ3n) is 4.45. The van der Waals surface area contributed by atoms with Crippen molar-refractivity contribution in [1.29, 1.82) is 0 Å². The lowest BCUT2D eigenvalue weighted by Gasteiger charge is -2.36. The van der Waals surface area contributed by atoms with E-state index in [0.717, 1.165) is 31.7 Å². The number of aliphatic carboxylic acids is 1. The summed E-state index contributed by atoms with van der Waals surface area (Å²) in [4.78, 5) is 29.4. The smallest absolute Gasteiger partial charge is 0.317 e. The molecule has 118 valence electrons. The lowest BCUT2D eigenvalue weighted by molar-refractivity contribution is -0.139. The average molecular weight is 303 g/mol. The molecule has 6 heteroatoms.